The Labute approximate surface area is 89.8 Å². The van der Waals surface area contributed by atoms with Gasteiger partial charge in [0.25, 0.3) is 0 Å². The Morgan fingerprint density at radius 3 is 2.80 bits per heavy atom. The van der Waals surface area contributed by atoms with E-state index in [1.807, 2.05) is 26.0 Å². The normalized spacial score (nSPS) is 11.5. The van der Waals surface area contributed by atoms with Crippen molar-refractivity contribution in [1.82, 2.24) is 0 Å². The van der Waals surface area contributed by atoms with E-state index in [0.29, 0.717) is 6.61 Å². The second-order valence-electron chi connectivity index (χ2n) is 4.11. The third-order valence-electron chi connectivity index (χ3n) is 2.29. The first-order valence-corrected chi connectivity index (χ1v) is 5.26. The molecule has 2 rings (SSSR count). The first kappa shape index (κ1) is 10.2. The van der Waals surface area contributed by atoms with Crippen LogP contribution in [-0.4, -0.2) is 6.10 Å². The third-order valence-corrected chi connectivity index (χ3v) is 2.29. The van der Waals surface area contributed by atoms with Crippen LogP contribution in [0.25, 0.3) is 11.0 Å². The van der Waals surface area contributed by atoms with Gasteiger partial charge in [-0.25, -0.2) is 0 Å². The van der Waals surface area contributed by atoms with Gasteiger partial charge in [-0.1, -0.05) is 12.1 Å². The predicted molar refractivity (Wildman–Crippen MR) is 60.9 cm³/mol. The van der Waals surface area contributed by atoms with Crippen molar-refractivity contribution < 1.29 is 9.15 Å². The molecule has 0 saturated heterocycles. The first-order chi connectivity index (χ1) is 7.15. The zero-order valence-electron chi connectivity index (χ0n) is 9.41. The van der Waals surface area contributed by atoms with Crippen LogP contribution in [0.2, 0.25) is 0 Å². The molecule has 80 valence electrons. The van der Waals surface area contributed by atoms with Crippen molar-refractivity contribution in [2.75, 3.05) is 0 Å². The van der Waals surface area contributed by atoms with Crippen LogP contribution in [0.5, 0.6) is 0 Å². The monoisotopic (exact) mass is 204 g/mol. The highest BCUT2D eigenvalue weighted by Gasteiger charge is 2.04. The van der Waals surface area contributed by atoms with Crippen molar-refractivity contribution in [3.8, 4) is 0 Å². The third kappa shape index (κ3) is 2.39. The molecule has 0 unspecified atom stereocenters. The average Bonchev–Trinajstić information content (AvgIpc) is 2.56. The number of hydrogen-bond acceptors (Lipinski definition) is 2. The summed E-state index contributed by atoms with van der Waals surface area (Å²) in [6.45, 7) is 6.65. The van der Waals surface area contributed by atoms with E-state index in [2.05, 4.69) is 19.1 Å². The summed E-state index contributed by atoms with van der Waals surface area (Å²) in [7, 11) is 0. The number of benzene rings is 1. The van der Waals surface area contributed by atoms with Crippen LogP contribution in [-0.2, 0) is 11.3 Å². The fourth-order valence-corrected chi connectivity index (χ4v) is 1.51. The molecule has 0 N–H and O–H groups in total. The van der Waals surface area contributed by atoms with Crippen molar-refractivity contribution >= 4 is 11.0 Å². The Bertz CT molecular complexity index is 455. The predicted octanol–water partition coefficient (Wildman–Crippen LogP) is 3.67. The topological polar surface area (TPSA) is 22.4 Å². The lowest BCUT2D eigenvalue weighted by atomic mass is 10.2. The summed E-state index contributed by atoms with van der Waals surface area (Å²) in [6, 6.07) is 8.25. The zero-order chi connectivity index (χ0) is 10.8. The molecule has 0 bridgehead atoms. The minimum absolute atomic E-state index is 0.236. The van der Waals surface area contributed by atoms with Crippen LogP contribution in [0.4, 0.5) is 0 Å². The van der Waals surface area contributed by atoms with Crippen LogP contribution in [0.1, 0.15) is 25.2 Å². The van der Waals surface area contributed by atoms with Gasteiger partial charge in [0, 0.05) is 5.39 Å². The summed E-state index contributed by atoms with van der Waals surface area (Å²) in [5.41, 5.74) is 2.16. The van der Waals surface area contributed by atoms with Crippen molar-refractivity contribution in [3.63, 3.8) is 0 Å². The Morgan fingerprint density at radius 2 is 2.07 bits per heavy atom. The van der Waals surface area contributed by atoms with E-state index in [4.69, 9.17) is 9.15 Å². The molecule has 0 aliphatic heterocycles. The fourth-order valence-electron chi connectivity index (χ4n) is 1.51. The van der Waals surface area contributed by atoms with E-state index in [-0.39, 0.29) is 6.10 Å². The molecule has 2 aromatic rings. The summed E-state index contributed by atoms with van der Waals surface area (Å²) >= 11 is 0. The molecule has 1 heterocycles. The molecule has 0 fully saturated rings. The maximum Gasteiger partial charge on any atom is 0.134 e. The fraction of sp³-hybridized carbons (Fsp3) is 0.385. The number of fused-ring (bicyclic) bond motifs is 1. The average molecular weight is 204 g/mol. The molecule has 0 radical (unpaired) electrons. The van der Waals surface area contributed by atoms with E-state index in [9.17, 15) is 0 Å². The summed E-state index contributed by atoms with van der Waals surface area (Å²) in [6.07, 6.45) is 0.236. The minimum Gasteiger partial charge on any atom is -0.459 e. The Hall–Kier alpha value is -1.28. The zero-order valence-corrected chi connectivity index (χ0v) is 9.41. The van der Waals surface area contributed by atoms with E-state index in [0.717, 1.165) is 16.7 Å². The molecule has 1 aromatic heterocycles. The Morgan fingerprint density at radius 1 is 1.27 bits per heavy atom. The lowest BCUT2D eigenvalue weighted by molar-refractivity contribution is 0.0553. The lowest BCUT2D eigenvalue weighted by Crippen LogP contribution is -2.01. The van der Waals surface area contributed by atoms with Gasteiger partial charge in [-0.2, -0.15) is 0 Å². The highest BCUT2D eigenvalue weighted by Crippen LogP contribution is 2.21. The molecule has 0 saturated carbocycles. The largest absolute Gasteiger partial charge is 0.459 e. The lowest BCUT2D eigenvalue weighted by Gasteiger charge is -2.03. The first-order valence-electron chi connectivity index (χ1n) is 5.26. The van der Waals surface area contributed by atoms with Gasteiger partial charge >= 0.3 is 0 Å². The molecule has 15 heavy (non-hydrogen) atoms. The highest BCUT2D eigenvalue weighted by molar-refractivity contribution is 5.78. The maximum atomic E-state index is 5.67. The van der Waals surface area contributed by atoms with E-state index in [1.54, 1.807) is 0 Å². The smallest absolute Gasteiger partial charge is 0.134 e. The van der Waals surface area contributed by atoms with Crippen molar-refractivity contribution in [2.45, 2.75) is 33.5 Å². The quantitative estimate of drug-likeness (QED) is 0.761. The molecular weight excluding hydrogens is 188 g/mol. The van der Waals surface area contributed by atoms with Crippen molar-refractivity contribution in [2.24, 2.45) is 0 Å². The number of rotatable bonds is 3. The Kier molecular flexibility index (Phi) is 2.78. The molecule has 0 atom stereocenters. The van der Waals surface area contributed by atoms with Gasteiger partial charge < -0.3 is 9.15 Å². The number of hydrogen-bond donors (Lipinski definition) is 0. The van der Waals surface area contributed by atoms with E-state index >= 15 is 0 Å². The summed E-state index contributed by atoms with van der Waals surface area (Å²) in [5.74, 6) is 0.893. The molecule has 1 aromatic carbocycles. The van der Waals surface area contributed by atoms with Crippen LogP contribution in [0.15, 0.2) is 28.7 Å². The van der Waals surface area contributed by atoms with Gasteiger partial charge in [0.1, 0.15) is 18.0 Å². The van der Waals surface area contributed by atoms with Gasteiger partial charge in [-0.3, -0.25) is 0 Å². The minimum atomic E-state index is 0.236. The van der Waals surface area contributed by atoms with E-state index in [1.165, 1.54) is 5.56 Å². The van der Waals surface area contributed by atoms with Gasteiger partial charge in [0.05, 0.1) is 6.10 Å². The summed E-state index contributed by atoms with van der Waals surface area (Å²) in [4.78, 5) is 0. The Balaban J connectivity index is 2.23. The van der Waals surface area contributed by atoms with Crippen LogP contribution in [0, 0.1) is 6.92 Å². The standard InChI is InChI=1S/C13H16O2/c1-9(2)14-8-12-7-11-5-4-10(3)6-13(11)15-12/h4-7,9H,8H2,1-3H3. The molecule has 2 nitrogen and oxygen atoms in total. The number of aryl methyl sites for hydroxylation is 1. The van der Waals surface area contributed by atoms with Gasteiger partial charge in [0.15, 0.2) is 0 Å². The van der Waals surface area contributed by atoms with Crippen LogP contribution >= 0.6 is 0 Å². The van der Waals surface area contributed by atoms with E-state index < -0.39 is 0 Å². The van der Waals surface area contributed by atoms with Gasteiger partial charge in [-0.15, -0.1) is 0 Å². The molecule has 0 aliphatic carbocycles. The molecule has 0 aliphatic rings. The van der Waals surface area contributed by atoms with Crippen LogP contribution in [0.3, 0.4) is 0 Å². The number of furan rings is 1. The van der Waals surface area contributed by atoms with Crippen LogP contribution < -0.4 is 0 Å². The molecule has 2 heteroatoms. The second kappa shape index (κ2) is 4.07. The highest BCUT2D eigenvalue weighted by atomic mass is 16.5. The second-order valence-corrected chi connectivity index (χ2v) is 4.11. The van der Waals surface area contributed by atoms with Gasteiger partial charge in [0.2, 0.25) is 0 Å². The molecular formula is C13H16O2. The van der Waals surface area contributed by atoms with Gasteiger partial charge in [-0.05, 0) is 38.5 Å². The summed E-state index contributed by atoms with van der Waals surface area (Å²) in [5, 5.41) is 1.14. The molecule has 0 spiro atoms. The maximum absolute atomic E-state index is 5.67. The SMILES string of the molecule is Cc1ccc2cc(COC(C)C)oc2c1. The number of ether oxygens (including phenoxy) is 1. The summed E-state index contributed by atoms with van der Waals surface area (Å²) < 4.78 is 11.2. The molecule has 0 amide bonds. The van der Waals surface area contributed by atoms with Crippen molar-refractivity contribution in [3.05, 3.63) is 35.6 Å². The van der Waals surface area contributed by atoms with Crippen molar-refractivity contribution in [1.29, 1.82) is 0 Å².